The number of ether oxygens (including phenoxy) is 1. The first-order valence-electron chi connectivity index (χ1n) is 6.42. The van der Waals surface area contributed by atoms with Gasteiger partial charge >= 0.3 is 0 Å². The van der Waals surface area contributed by atoms with E-state index in [9.17, 15) is 9.90 Å². The molecule has 1 saturated heterocycles. The topological polar surface area (TPSA) is 82.8 Å². The van der Waals surface area contributed by atoms with Gasteiger partial charge in [-0.15, -0.1) is 0 Å². The first-order valence-corrected chi connectivity index (χ1v) is 6.82. The first-order chi connectivity index (χ1) is 9.59. The first kappa shape index (κ1) is 14.9. The Morgan fingerprint density at radius 3 is 2.90 bits per heavy atom. The van der Waals surface area contributed by atoms with Crippen molar-refractivity contribution < 1.29 is 9.84 Å². The number of hydrogen-bond donors (Lipinski definition) is 2. The summed E-state index contributed by atoms with van der Waals surface area (Å²) >= 11 is 4.89. The molecule has 1 aliphatic heterocycles. The minimum Gasteiger partial charge on any atom is -0.494 e. The van der Waals surface area contributed by atoms with Crippen molar-refractivity contribution in [2.24, 2.45) is 12.0 Å². The zero-order valence-corrected chi connectivity index (χ0v) is 12.2. The van der Waals surface area contributed by atoms with Crippen molar-refractivity contribution >= 4 is 18.4 Å². The molecule has 0 unspecified atom stereocenters. The fourth-order valence-corrected chi connectivity index (χ4v) is 2.10. The van der Waals surface area contributed by atoms with Crippen molar-refractivity contribution in [1.82, 2.24) is 14.5 Å². The lowest BCUT2D eigenvalue weighted by molar-refractivity contribution is 0.0395. The summed E-state index contributed by atoms with van der Waals surface area (Å²) in [5.74, 6) is -0.172. The maximum Gasteiger partial charge on any atom is 0.264 e. The molecule has 1 aliphatic rings. The molecule has 2 N–H and O–H groups in total. The molecule has 1 fully saturated rings. The third-order valence-corrected chi connectivity index (χ3v) is 3.57. The van der Waals surface area contributed by atoms with E-state index in [4.69, 9.17) is 17.0 Å². The van der Waals surface area contributed by atoms with Crippen molar-refractivity contribution in [3.8, 4) is 5.88 Å². The van der Waals surface area contributed by atoms with Gasteiger partial charge in [0.2, 0.25) is 5.88 Å². The number of H-pyrrole nitrogens is 1. The monoisotopic (exact) mass is 298 g/mol. The second-order valence-electron chi connectivity index (χ2n) is 4.54. The van der Waals surface area contributed by atoms with E-state index in [-0.39, 0.29) is 16.2 Å². The molecule has 0 aliphatic carbocycles. The summed E-state index contributed by atoms with van der Waals surface area (Å²) in [7, 11) is 1.58. The van der Waals surface area contributed by atoms with Crippen LogP contribution in [0, 0.1) is 4.77 Å². The smallest absolute Gasteiger partial charge is 0.264 e. The molecule has 0 aromatic carbocycles. The fourth-order valence-electron chi connectivity index (χ4n) is 1.92. The van der Waals surface area contributed by atoms with Crippen LogP contribution in [0.1, 0.15) is 5.56 Å². The van der Waals surface area contributed by atoms with Gasteiger partial charge in [0.1, 0.15) is 5.56 Å². The van der Waals surface area contributed by atoms with Gasteiger partial charge in [-0.3, -0.25) is 24.2 Å². The Hall–Kier alpha value is -1.51. The van der Waals surface area contributed by atoms with Crippen molar-refractivity contribution in [3.63, 3.8) is 0 Å². The van der Waals surface area contributed by atoms with Gasteiger partial charge in [0.15, 0.2) is 4.77 Å². The molecule has 2 rings (SSSR count). The van der Waals surface area contributed by atoms with E-state index in [2.05, 4.69) is 14.9 Å². The molecule has 1 aromatic rings. The average Bonchev–Trinajstić information content (AvgIpc) is 2.45. The van der Waals surface area contributed by atoms with Gasteiger partial charge in [0, 0.05) is 32.9 Å². The highest BCUT2D eigenvalue weighted by Crippen LogP contribution is 2.08. The second-order valence-corrected chi connectivity index (χ2v) is 4.93. The Morgan fingerprint density at radius 2 is 2.20 bits per heavy atom. The van der Waals surface area contributed by atoms with E-state index in [0.29, 0.717) is 6.54 Å². The summed E-state index contributed by atoms with van der Waals surface area (Å²) in [6.45, 7) is 4.69. The SMILES string of the molecule is Cn1c(O)c(C=NCCN2CCOCC2)c(=O)[nH]c1=S. The average molecular weight is 298 g/mol. The van der Waals surface area contributed by atoms with Gasteiger partial charge in [-0.05, 0) is 12.2 Å². The molecule has 20 heavy (non-hydrogen) atoms. The van der Waals surface area contributed by atoms with E-state index < -0.39 is 5.56 Å². The number of aromatic amines is 1. The van der Waals surface area contributed by atoms with Crippen LogP contribution in [-0.4, -0.2) is 65.2 Å². The largest absolute Gasteiger partial charge is 0.494 e. The van der Waals surface area contributed by atoms with Crippen LogP contribution in [-0.2, 0) is 11.8 Å². The Bertz CT molecular complexity index is 602. The van der Waals surface area contributed by atoms with Gasteiger partial charge in [-0.25, -0.2) is 0 Å². The lowest BCUT2D eigenvalue weighted by Crippen LogP contribution is -2.37. The molecule has 0 amide bonds. The van der Waals surface area contributed by atoms with Crippen molar-refractivity contribution in [2.45, 2.75) is 0 Å². The molecule has 0 saturated carbocycles. The molecule has 0 spiro atoms. The van der Waals surface area contributed by atoms with Crippen LogP contribution in [0.5, 0.6) is 5.88 Å². The lowest BCUT2D eigenvalue weighted by Gasteiger charge is -2.25. The van der Waals surface area contributed by atoms with Crippen LogP contribution < -0.4 is 5.56 Å². The number of nitrogens with one attached hydrogen (secondary N) is 1. The highest BCUT2D eigenvalue weighted by atomic mass is 32.1. The second kappa shape index (κ2) is 6.78. The molecule has 110 valence electrons. The number of morpholine rings is 1. The van der Waals surface area contributed by atoms with E-state index in [0.717, 1.165) is 32.8 Å². The van der Waals surface area contributed by atoms with Gasteiger partial charge in [0.05, 0.1) is 19.8 Å². The molecule has 2 heterocycles. The minimum atomic E-state index is -0.430. The van der Waals surface area contributed by atoms with Crippen LogP contribution in [0.2, 0.25) is 0 Å². The quantitative estimate of drug-likeness (QED) is 0.599. The molecule has 1 aromatic heterocycles. The molecule has 0 bridgehead atoms. The highest BCUT2D eigenvalue weighted by Gasteiger charge is 2.10. The summed E-state index contributed by atoms with van der Waals surface area (Å²) in [6.07, 6.45) is 1.39. The van der Waals surface area contributed by atoms with Crippen LogP contribution in [0.4, 0.5) is 0 Å². The molecule has 0 atom stereocenters. The van der Waals surface area contributed by atoms with Crippen LogP contribution >= 0.6 is 12.2 Å². The van der Waals surface area contributed by atoms with Crippen molar-refractivity contribution in [2.75, 3.05) is 39.4 Å². The Morgan fingerprint density at radius 1 is 1.50 bits per heavy atom. The summed E-state index contributed by atoms with van der Waals surface area (Å²) in [5.41, 5.74) is -0.302. The van der Waals surface area contributed by atoms with Crippen molar-refractivity contribution in [1.29, 1.82) is 0 Å². The molecular formula is C12H18N4O3S. The van der Waals surface area contributed by atoms with Crippen LogP contribution in [0.15, 0.2) is 9.79 Å². The van der Waals surface area contributed by atoms with Gasteiger partial charge in [-0.1, -0.05) is 0 Å². The highest BCUT2D eigenvalue weighted by molar-refractivity contribution is 7.71. The lowest BCUT2D eigenvalue weighted by atomic mass is 10.3. The summed E-state index contributed by atoms with van der Waals surface area (Å²) < 4.78 is 6.77. The van der Waals surface area contributed by atoms with E-state index in [1.165, 1.54) is 10.8 Å². The van der Waals surface area contributed by atoms with Gasteiger partial charge in [0.25, 0.3) is 5.56 Å². The summed E-state index contributed by atoms with van der Waals surface area (Å²) in [6, 6.07) is 0. The molecule has 8 heteroatoms. The standard InChI is InChI=1S/C12H18N4O3S/c1-15-11(18)9(10(17)14-12(15)20)8-13-2-3-16-4-6-19-7-5-16/h8,18H,2-7H2,1H3,(H,14,17,20). The number of rotatable bonds is 4. The fraction of sp³-hybridized carbons (Fsp3) is 0.583. The number of aliphatic imine (C=N–C) groups is 1. The number of nitrogens with zero attached hydrogens (tertiary/aromatic N) is 3. The Kier molecular flexibility index (Phi) is 5.05. The zero-order valence-electron chi connectivity index (χ0n) is 11.3. The van der Waals surface area contributed by atoms with E-state index in [1.54, 1.807) is 7.05 Å². The van der Waals surface area contributed by atoms with E-state index in [1.807, 2.05) is 0 Å². The van der Waals surface area contributed by atoms with Gasteiger partial charge < -0.3 is 9.84 Å². The predicted octanol–water partition coefficient (Wildman–Crippen LogP) is -0.100. The molecular weight excluding hydrogens is 280 g/mol. The predicted molar refractivity (Wildman–Crippen MR) is 78.3 cm³/mol. The normalized spacial score (nSPS) is 16.9. The molecule has 7 nitrogen and oxygen atoms in total. The number of aromatic nitrogens is 2. The third-order valence-electron chi connectivity index (χ3n) is 3.20. The van der Waals surface area contributed by atoms with Crippen molar-refractivity contribution in [3.05, 3.63) is 20.7 Å². The van der Waals surface area contributed by atoms with E-state index >= 15 is 0 Å². The number of hydrogen-bond acceptors (Lipinski definition) is 6. The third kappa shape index (κ3) is 3.53. The minimum absolute atomic E-state index is 0.128. The molecule has 0 radical (unpaired) electrons. The maximum atomic E-state index is 11.7. The maximum absolute atomic E-state index is 11.7. The summed E-state index contributed by atoms with van der Waals surface area (Å²) in [5, 5.41) is 9.87. The van der Waals surface area contributed by atoms with Crippen LogP contribution in [0.3, 0.4) is 0 Å². The zero-order chi connectivity index (χ0) is 14.5. The van der Waals surface area contributed by atoms with Crippen LogP contribution in [0.25, 0.3) is 0 Å². The number of aromatic hydroxyl groups is 1. The van der Waals surface area contributed by atoms with Gasteiger partial charge in [-0.2, -0.15) is 0 Å². The summed E-state index contributed by atoms with van der Waals surface area (Å²) in [4.78, 5) is 20.6. The Labute approximate surface area is 121 Å². The Balaban J connectivity index is 1.99.